The zero-order valence-corrected chi connectivity index (χ0v) is 19.7. The summed E-state index contributed by atoms with van der Waals surface area (Å²) in [7, 11) is 0. The topological polar surface area (TPSA) is 51.6 Å². The molecule has 162 valence electrons. The number of hydrogen-bond acceptors (Lipinski definition) is 4. The first-order chi connectivity index (χ1) is 15.1. The average Bonchev–Trinajstić information content (AvgIpc) is 2.78. The summed E-state index contributed by atoms with van der Waals surface area (Å²) >= 11 is 0. The Bertz CT molecular complexity index is 1160. The fraction of sp³-hybridized carbons (Fsp3) is 0.286. The Labute approximate surface area is 190 Å². The number of nitrogens with zero attached hydrogens (tertiary/aromatic N) is 4. The van der Waals surface area contributed by atoms with Crippen molar-refractivity contribution >= 4 is 0 Å². The molecule has 0 saturated heterocycles. The first-order valence-corrected chi connectivity index (χ1v) is 11.0. The van der Waals surface area contributed by atoms with Gasteiger partial charge in [0.25, 0.3) is 0 Å². The van der Waals surface area contributed by atoms with E-state index in [-0.39, 0.29) is 10.8 Å². The zero-order chi connectivity index (χ0) is 22.9. The van der Waals surface area contributed by atoms with Crippen molar-refractivity contribution in [2.24, 2.45) is 0 Å². The molecule has 0 spiro atoms. The molecule has 0 N–H and O–H groups in total. The van der Waals surface area contributed by atoms with Gasteiger partial charge in [-0.25, -0.2) is 4.98 Å². The van der Waals surface area contributed by atoms with Crippen LogP contribution in [0.15, 0.2) is 73.3 Å². The van der Waals surface area contributed by atoms with Crippen molar-refractivity contribution in [1.82, 2.24) is 19.9 Å². The van der Waals surface area contributed by atoms with Crippen LogP contribution < -0.4 is 0 Å². The molecule has 32 heavy (non-hydrogen) atoms. The van der Waals surface area contributed by atoms with Gasteiger partial charge in [0.05, 0.1) is 22.8 Å². The molecular weight excluding hydrogens is 392 g/mol. The van der Waals surface area contributed by atoms with E-state index in [0.29, 0.717) is 0 Å². The van der Waals surface area contributed by atoms with Gasteiger partial charge in [0.1, 0.15) is 0 Å². The van der Waals surface area contributed by atoms with Crippen molar-refractivity contribution in [2.45, 2.75) is 52.4 Å². The van der Waals surface area contributed by atoms with Crippen LogP contribution in [-0.2, 0) is 10.8 Å². The standard InChI is InChI=1S/C28H30N4/c1-27(2,3)21-9-12-30-23(16-21)25-14-20(19-8-7-11-29-18-19)15-26(32-25)24-17-22(10-13-31-24)28(4,5)6/h7-18H,1-6H3. The van der Waals surface area contributed by atoms with E-state index in [1.165, 1.54) is 11.1 Å². The largest absolute Gasteiger partial charge is 0.264 e. The second-order valence-corrected chi connectivity index (χ2v) is 10.2. The smallest absolute Gasteiger partial charge is 0.0900 e. The molecule has 4 heteroatoms. The van der Waals surface area contributed by atoms with E-state index >= 15 is 0 Å². The lowest BCUT2D eigenvalue weighted by Crippen LogP contribution is -2.11. The van der Waals surface area contributed by atoms with Crippen molar-refractivity contribution in [3.05, 3.63) is 84.4 Å². The highest BCUT2D eigenvalue weighted by Gasteiger charge is 2.18. The Morgan fingerprint density at radius 3 is 1.53 bits per heavy atom. The molecule has 0 fully saturated rings. The van der Waals surface area contributed by atoms with E-state index in [1.807, 2.05) is 24.7 Å². The molecule has 0 aliphatic carbocycles. The van der Waals surface area contributed by atoms with E-state index in [9.17, 15) is 0 Å². The van der Waals surface area contributed by atoms with Gasteiger partial charge in [-0.1, -0.05) is 47.6 Å². The van der Waals surface area contributed by atoms with Gasteiger partial charge < -0.3 is 0 Å². The van der Waals surface area contributed by atoms with Crippen molar-refractivity contribution in [3.8, 4) is 33.9 Å². The summed E-state index contributed by atoms with van der Waals surface area (Å²) in [5.74, 6) is 0. The summed E-state index contributed by atoms with van der Waals surface area (Å²) in [6.45, 7) is 13.2. The van der Waals surface area contributed by atoms with Gasteiger partial charge in [-0.05, 0) is 70.0 Å². The highest BCUT2D eigenvalue weighted by Crippen LogP contribution is 2.32. The van der Waals surface area contributed by atoms with E-state index in [2.05, 4.69) is 99.0 Å². The summed E-state index contributed by atoms with van der Waals surface area (Å²) in [6.07, 6.45) is 7.40. The summed E-state index contributed by atoms with van der Waals surface area (Å²) in [5.41, 5.74) is 7.98. The third kappa shape index (κ3) is 4.75. The first-order valence-electron chi connectivity index (χ1n) is 11.0. The van der Waals surface area contributed by atoms with Gasteiger partial charge in [-0.3, -0.25) is 15.0 Å². The Kier molecular flexibility index (Phi) is 5.64. The van der Waals surface area contributed by atoms with Gasteiger partial charge in [0, 0.05) is 30.4 Å². The lowest BCUT2D eigenvalue weighted by Gasteiger charge is -2.20. The van der Waals surface area contributed by atoms with Crippen LogP contribution in [0.2, 0.25) is 0 Å². The van der Waals surface area contributed by atoms with Crippen LogP contribution in [0.25, 0.3) is 33.9 Å². The molecular formula is C28H30N4. The minimum absolute atomic E-state index is 0.0318. The van der Waals surface area contributed by atoms with Crippen LogP contribution in [-0.4, -0.2) is 19.9 Å². The Morgan fingerprint density at radius 2 is 1.09 bits per heavy atom. The molecule has 4 rings (SSSR count). The highest BCUT2D eigenvalue weighted by atomic mass is 14.8. The molecule has 0 saturated carbocycles. The van der Waals surface area contributed by atoms with Gasteiger partial charge in [-0.2, -0.15) is 0 Å². The minimum atomic E-state index is 0.0318. The molecule has 0 aliphatic heterocycles. The monoisotopic (exact) mass is 422 g/mol. The average molecular weight is 423 g/mol. The van der Waals surface area contributed by atoms with Crippen LogP contribution in [0.4, 0.5) is 0 Å². The van der Waals surface area contributed by atoms with Crippen molar-refractivity contribution in [2.75, 3.05) is 0 Å². The Morgan fingerprint density at radius 1 is 0.562 bits per heavy atom. The maximum Gasteiger partial charge on any atom is 0.0900 e. The lowest BCUT2D eigenvalue weighted by molar-refractivity contribution is 0.589. The molecule has 0 amide bonds. The van der Waals surface area contributed by atoms with Crippen LogP contribution in [0.3, 0.4) is 0 Å². The Balaban J connectivity index is 1.91. The van der Waals surface area contributed by atoms with Crippen molar-refractivity contribution in [1.29, 1.82) is 0 Å². The molecule has 0 unspecified atom stereocenters. The van der Waals surface area contributed by atoms with Crippen LogP contribution in [0, 0.1) is 0 Å². The third-order valence-electron chi connectivity index (χ3n) is 5.60. The maximum atomic E-state index is 5.00. The fourth-order valence-corrected chi connectivity index (χ4v) is 3.57. The fourth-order valence-electron chi connectivity index (χ4n) is 3.57. The van der Waals surface area contributed by atoms with Gasteiger partial charge in [-0.15, -0.1) is 0 Å². The summed E-state index contributed by atoms with van der Waals surface area (Å²) in [4.78, 5) is 18.6. The normalized spacial score (nSPS) is 12.1. The predicted molar refractivity (Wildman–Crippen MR) is 131 cm³/mol. The van der Waals surface area contributed by atoms with E-state index in [1.54, 1.807) is 6.20 Å². The molecule has 4 aromatic heterocycles. The van der Waals surface area contributed by atoms with Crippen molar-refractivity contribution in [3.63, 3.8) is 0 Å². The molecule has 0 radical (unpaired) electrons. The first kappa shape index (κ1) is 21.8. The minimum Gasteiger partial charge on any atom is -0.264 e. The second kappa shape index (κ2) is 8.27. The molecule has 4 aromatic rings. The van der Waals surface area contributed by atoms with Crippen LogP contribution in [0.5, 0.6) is 0 Å². The number of hydrogen-bond donors (Lipinski definition) is 0. The van der Waals surface area contributed by atoms with Crippen molar-refractivity contribution < 1.29 is 0 Å². The molecule has 4 heterocycles. The zero-order valence-electron chi connectivity index (χ0n) is 19.7. The third-order valence-corrected chi connectivity index (χ3v) is 5.60. The number of aromatic nitrogens is 4. The quantitative estimate of drug-likeness (QED) is 0.362. The summed E-state index contributed by atoms with van der Waals surface area (Å²) < 4.78 is 0. The molecule has 0 aromatic carbocycles. The highest BCUT2D eigenvalue weighted by molar-refractivity contribution is 5.74. The summed E-state index contributed by atoms with van der Waals surface area (Å²) in [5, 5.41) is 0. The molecule has 0 bridgehead atoms. The SMILES string of the molecule is CC(C)(C)c1ccnc(-c2cc(-c3cccnc3)cc(-c3cc(C(C)(C)C)ccn3)n2)c1. The summed E-state index contributed by atoms with van der Waals surface area (Å²) in [6, 6.07) is 16.6. The number of rotatable bonds is 3. The lowest BCUT2D eigenvalue weighted by atomic mass is 9.87. The Hall–Kier alpha value is -3.40. The molecule has 4 nitrogen and oxygen atoms in total. The van der Waals surface area contributed by atoms with E-state index in [4.69, 9.17) is 4.98 Å². The van der Waals surface area contributed by atoms with Gasteiger partial charge in [0.15, 0.2) is 0 Å². The van der Waals surface area contributed by atoms with Gasteiger partial charge >= 0.3 is 0 Å². The number of pyridine rings is 4. The molecule has 0 atom stereocenters. The second-order valence-electron chi connectivity index (χ2n) is 10.2. The van der Waals surface area contributed by atoms with Crippen LogP contribution in [0.1, 0.15) is 52.7 Å². The maximum absolute atomic E-state index is 5.00. The predicted octanol–water partition coefficient (Wildman–Crippen LogP) is 6.86. The van der Waals surface area contributed by atoms with Crippen LogP contribution >= 0.6 is 0 Å². The molecule has 0 aliphatic rings. The van der Waals surface area contributed by atoms with Gasteiger partial charge in [0.2, 0.25) is 0 Å². The van der Waals surface area contributed by atoms with E-state index < -0.39 is 0 Å². The van der Waals surface area contributed by atoms with E-state index in [0.717, 1.165) is 33.9 Å².